The van der Waals surface area contributed by atoms with Gasteiger partial charge in [0.25, 0.3) is 14.7 Å². The molecule has 0 aliphatic carbocycles. The number of nitrogens with zero attached hydrogens (tertiary/aromatic N) is 3. The van der Waals surface area contributed by atoms with Gasteiger partial charge in [0.05, 0.1) is 23.2 Å². The maximum atomic E-state index is 11.1. The van der Waals surface area contributed by atoms with E-state index in [1.54, 1.807) is 0 Å². The summed E-state index contributed by atoms with van der Waals surface area (Å²) in [6.45, 7) is 0.00326. The Kier molecular flexibility index (Phi) is 3.98. The Labute approximate surface area is 123 Å². The van der Waals surface area contributed by atoms with Crippen LogP contribution in [0.5, 0.6) is 0 Å². The normalized spacial score (nSPS) is 11.5. The first-order valence-corrected chi connectivity index (χ1v) is 7.86. The van der Waals surface area contributed by atoms with Crippen LogP contribution in [0.4, 0.5) is 5.69 Å². The Bertz CT molecular complexity index is 773. The smallest absolute Gasteiger partial charge is 0.267 e. The third-order valence-corrected chi connectivity index (χ3v) is 4.01. The van der Waals surface area contributed by atoms with Crippen molar-refractivity contribution in [1.82, 2.24) is 9.78 Å². The summed E-state index contributed by atoms with van der Waals surface area (Å²) in [6, 6.07) is 4.11. The Morgan fingerprint density at radius 1 is 1.40 bits per heavy atom. The van der Waals surface area contributed by atoms with E-state index in [-0.39, 0.29) is 17.1 Å². The van der Waals surface area contributed by atoms with Crippen LogP contribution in [-0.2, 0) is 15.6 Å². The molecule has 1 heterocycles. The first kappa shape index (κ1) is 14.8. The van der Waals surface area contributed by atoms with Crippen molar-refractivity contribution in [3.05, 3.63) is 51.3 Å². The summed E-state index contributed by atoms with van der Waals surface area (Å²) in [4.78, 5) is 10.2. The van der Waals surface area contributed by atoms with Gasteiger partial charge in [-0.1, -0.05) is 11.6 Å². The molecule has 0 N–H and O–H groups in total. The fraction of sp³-hybridized carbons (Fsp3) is 0.100. The molecule has 1 aromatic carbocycles. The number of aromatic nitrogens is 2. The van der Waals surface area contributed by atoms with Crippen LogP contribution in [-0.4, -0.2) is 23.1 Å². The minimum atomic E-state index is -3.88. The van der Waals surface area contributed by atoms with Gasteiger partial charge >= 0.3 is 0 Å². The molecular weight excluding hydrogens is 329 g/mol. The van der Waals surface area contributed by atoms with Crippen molar-refractivity contribution in [2.75, 3.05) is 0 Å². The fourth-order valence-electron chi connectivity index (χ4n) is 1.59. The van der Waals surface area contributed by atoms with E-state index in [0.29, 0.717) is 10.6 Å². The molecule has 20 heavy (non-hydrogen) atoms. The third kappa shape index (κ3) is 3.27. The number of nitro groups is 1. The van der Waals surface area contributed by atoms with E-state index in [1.807, 2.05) is 0 Å². The van der Waals surface area contributed by atoms with E-state index in [4.69, 9.17) is 22.3 Å². The van der Waals surface area contributed by atoms with Crippen LogP contribution in [0.1, 0.15) is 5.56 Å². The summed E-state index contributed by atoms with van der Waals surface area (Å²) in [5, 5.41) is 15.0. The van der Waals surface area contributed by atoms with Crippen molar-refractivity contribution in [1.29, 1.82) is 0 Å². The van der Waals surface area contributed by atoms with E-state index in [1.165, 1.54) is 29.1 Å². The molecule has 0 unspecified atom stereocenters. The van der Waals surface area contributed by atoms with Crippen LogP contribution in [0.25, 0.3) is 0 Å². The minimum Gasteiger partial charge on any atom is -0.267 e. The number of benzene rings is 1. The molecule has 0 bridgehead atoms. The number of hydrogen-bond acceptors (Lipinski definition) is 5. The van der Waals surface area contributed by atoms with Crippen molar-refractivity contribution in [3.8, 4) is 0 Å². The van der Waals surface area contributed by atoms with Crippen LogP contribution in [0.15, 0.2) is 35.5 Å². The molecule has 0 spiro atoms. The molecule has 0 saturated heterocycles. The van der Waals surface area contributed by atoms with Gasteiger partial charge in [-0.25, -0.2) is 8.42 Å². The maximum absolute atomic E-state index is 11.1. The summed E-state index contributed by atoms with van der Waals surface area (Å²) < 4.78 is 23.5. The van der Waals surface area contributed by atoms with Crippen molar-refractivity contribution in [3.63, 3.8) is 0 Å². The van der Waals surface area contributed by atoms with Gasteiger partial charge in [-0.05, 0) is 12.1 Å². The van der Waals surface area contributed by atoms with Crippen LogP contribution in [0.3, 0.4) is 0 Å². The van der Waals surface area contributed by atoms with E-state index < -0.39 is 14.0 Å². The molecular formula is C10H7Cl2N3O4S. The molecule has 0 saturated carbocycles. The zero-order chi connectivity index (χ0) is 14.9. The zero-order valence-electron chi connectivity index (χ0n) is 9.73. The first-order chi connectivity index (χ1) is 9.27. The fourth-order valence-corrected chi connectivity index (χ4v) is 2.44. The number of nitro benzene ring substituents is 1. The standard InChI is InChI=1S/C10H7Cl2N3O4S/c11-8-1-2-10(15(16)17)7(3-8)5-14-6-9(4-13-14)20(12,18)19/h1-4,6H,5H2. The molecule has 0 aliphatic rings. The summed E-state index contributed by atoms with van der Waals surface area (Å²) in [5.74, 6) is 0. The Morgan fingerprint density at radius 3 is 2.65 bits per heavy atom. The van der Waals surface area contributed by atoms with E-state index >= 15 is 0 Å². The lowest BCUT2D eigenvalue weighted by Gasteiger charge is -2.03. The number of hydrogen-bond donors (Lipinski definition) is 0. The highest BCUT2D eigenvalue weighted by Crippen LogP contribution is 2.24. The van der Waals surface area contributed by atoms with Crippen LogP contribution < -0.4 is 0 Å². The lowest BCUT2D eigenvalue weighted by molar-refractivity contribution is -0.385. The third-order valence-electron chi connectivity index (χ3n) is 2.46. The lowest BCUT2D eigenvalue weighted by Crippen LogP contribution is -2.03. The van der Waals surface area contributed by atoms with Gasteiger partial charge in [-0.15, -0.1) is 0 Å². The second-order valence-corrected chi connectivity index (χ2v) is 6.84. The van der Waals surface area contributed by atoms with Gasteiger partial charge < -0.3 is 0 Å². The van der Waals surface area contributed by atoms with Crippen LogP contribution >= 0.6 is 22.3 Å². The average molecular weight is 336 g/mol. The monoisotopic (exact) mass is 335 g/mol. The van der Waals surface area contributed by atoms with Crippen LogP contribution in [0.2, 0.25) is 5.02 Å². The molecule has 0 amide bonds. The maximum Gasteiger partial charge on any atom is 0.274 e. The van der Waals surface area contributed by atoms with Crippen molar-refractivity contribution < 1.29 is 13.3 Å². The molecule has 2 aromatic rings. The van der Waals surface area contributed by atoms with Gasteiger partial charge in [-0.3, -0.25) is 14.8 Å². The average Bonchev–Trinajstić information content (AvgIpc) is 2.76. The second kappa shape index (κ2) is 5.39. The molecule has 7 nitrogen and oxygen atoms in total. The Hall–Kier alpha value is -1.64. The molecule has 10 heteroatoms. The summed E-state index contributed by atoms with van der Waals surface area (Å²) in [5.41, 5.74) is 0.185. The highest BCUT2D eigenvalue weighted by atomic mass is 35.7. The molecule has 1 aromatic heterocycles. The topological polar surface area (TPSA) is 95.1 Å². The SMILES string of the molecule is O=[N+]([O-])c1ccc(Cl)cc1Cn1cc(S(=O)(=O)Cl)cn1. The molecule has 0 aliphatic heterocycles. The van der Waals surface area contributed by atoms with Gasteiger partial charge in [-0.2, -0.15) is 5.10 Å². The van der Waals surface area contributed by atoms with E-state index in [9.17, 15) is 18.5 Å². The highest BCUT2D eigenvalue weighted by Gasteiger charge is 2.17. The van der Waals surface area contributed by atoms with Gasteiger partial charge in [0.15, 0.2) is 0 Å². The van der Waals surface area contributed by atoms with Gasteiger partial charge in [0.1, 0.15) is 4.90 Å². The first-order valence-electron chi connectivity index (χ1n) is 5.17. The molecule has 0 radical (unpaired) electrons. The lowest BCUT2D eigenvalue weighted by atomic mass is 10.2. The number of halogens is 2. The molecule has 106 valence electrons. The van der Waals surface area contributed by atoms with Crippen molar-refractivity contribution in [2.45, 2.75) is 11.4 Å². The Morgan fingerprint density at radius 2 is 2.10 bits per heavy atom. The minimum absolute atomic E-state index is 0.00326. The summed E-state index contributed by atoms with van der Waals surface area (Å²) >= 11 is 5.80. The van der Waals surface area contributed by atoms with E-state index in [2.05, 4.69) is 5.10 Å². The second-order valence-electron chi connectivity index (χ2n) is 3.84. The Balaban J connectivity index is 2.37. The van der Waals surface area contributed by atoms with Crippen LogP contribution in [0, 0.1) is 10.1 Å². The van der Waals surface area contributed by atoms with Crippen molar-refractivity contribution in [2.24, 2.45) is 0 Å². The summed E-state index contributed by atoms with van der Waals surface area (Å²) in [6.07, 6.45) is 2.26. The molecule has 0 atom stereocenters. The van der Waals surface area contributed by atoms with E-state index in [0.717, 1.165) is 6.20 Å². The zero-order valence-corrected chi connectivity index (χ0v) is 12.1. The predicted octanol–water partition coefficient (Wildman–Crippen LogP) is 2.42. The largest absolute Gasteiger partial charge is 0.274 e. The van der Waals surface area contributed by atoms with Crippen molar-refractivity contribution >= 4 is 37.0 Å². The quantitative estimate of drug-likeness (QED) is 0.485. The van der Waals surface area contributed by atoms with Gasteiger partial charge in [0, 0.05) is 28.0 Å². The summed E-state index contributed by atoms with van der Waals surface area (Å²) in [7, 11) is 1.29. The van der Waals surface area contributed by atoms with Gasteiger partial charge in [0.2, 0.25) is 0 Å². The molecule has 0 fully saturated rings. The number of rotatable bonds is 4. The predicted molar refractivity (Wildman–Crippen MR) is 72.5 cm³/mol. The molecule has 2 rings (SSSR count). The highest BCUT2D eigenvalue weighted by molar-refractivity contribution is 8.13.